The highest BCUT2D eigenvalue weighted by Crippen LogP contribution is 2.25. The van der Waals surface area contributed by atoms with Crippen molar-refractivity contribution in [2.24, 2.45) is 0 Å². The van der Waals surface area contributed by atoms with Crippen LogP contribution in [0.25, 0.3) is 0 Å². The van der Waals surface area contributed by atoms with Crippen molar-refractivity contribution >= 4 is 40.7 Å². The Morgan fingerprint density at radius 2 is 1.47 bits per heavy atom. The van der Waals surface area contributed by atoms with Gasteiger partial charge in [-0.15, -0.1) is 0 Å². The molecule has 0 unspecified atom stereocenters. The highest BCUT2D eigenvalue weighted by Gasteiger charge is 2.23. The number of amides is 2. The lowest BCUT2D eigenvalue weighted by Crippen LogP contribution is -2.49. The van der Waals surface area contributed by atoms with Crippen molar-refractivity contribution in [1.29, 1.82) is 0 Å². The number of rotatable bonds is 6. The molecular weight excluding hydrogens is 476 g/mol. The highest BCUT2D eigenvalue weighted by atomic mass is 35.5. The lowest BCUT2D eigenvalue weighted by atomic mass is 10.1. The zero-order valence-electron chi connectivity index (χ0n) is 18.4. The molecule has 3 aromatic rings. The van der Waals surface area contributed by atoms with Crippen LogP contribution in [0.2, 0.25) is 10.0 Å². The van der Waals surface area contributed by atoms with E-state index in [0.717, 1.165) is 11.3 Å². The quantitative estimate of drug-likeness (QED) is 0.521. The van der Waals surface area contributed by atoms with Crippen LogP contribution < -0.4 is 10.2 Å². The van der Waals surface area contributed by atoms with Gasteiger partial charge in [0.2, 0.25) is 5.91 Å². The van der Waals surface area contributed by atoms with E-state index in [2.05, 4.69) is 10.2 Å². The molecule has 0 aliphatic carbocycles. The number of benzene rings is 3. The molecule has 4 rings (SSSR count). The Hall–Kier alpha value is -3.09. The Morgan fingerprint density at radius 1 is 0.853 bits per heavy atom. The molecule has 0 radical (unpaired) electrons. The second-order valence-electron chi connectivity index (χ2n) is 8.10. The molecule has 1 N–H and O–H groups in total. The summed E-state index contributed by atoms with van der Waals surface area (Å²) >= 11 is 12.4. The van der Waals surface area contributed by atoms with Crippen molar-refractivity contribution in [3.8, 4) is 0 Å². The molecule has 1 aliphatic heterocycles. The number of hydrogen-bond acceptors (Lipinski definition) is 3. The van der Waals surface area contributed by atoms with Gasteiger partial charge in [0.1, 0.15) is 5.82 Å². The summed E-state index contributed by atoms with van der Waals surface area (Å²) in [6.07, 6.45) is 0.181. The number of carbonyl (C=O) groups is 2. The van der Waals surface area contributed by atoms with Crippen molar-refractivity contribution in [1.82, 2.24) is 10.2 Å². The van der Waals surface area contributed by atoms with Crippen LogP contribution in [0.4, 0.5) is 10.1 Å². The minimum absolute atomic E-state index is 0.00261. The lowest BCUT2D eigenvalue weighted by molar-refractivity contribution is -0.130. The Morgan fingerprint density at radius 3 is 2.09 bits per heavy atom. The van der Waals surface area contributed by atoms with Gasteiger partial charge in [-0.1, -0.05) is 41.4 Å². The molecule has 1 saturated heterocycles. The summed E-state index contributed by atoms with van der Waals surface area (Å²) in [5.74, 6) is -0.492. The van der Waals surface area contributed by atoms with E-state index in [4.69, 9.17) is 23.2 Å². The van der Waals surface area contributed by atoms with Gasteiger partial charge < -0.3 is 15.1 Å². The van der Waals surface area contributed by atoms with Gasteiger partial charge in [0, 0.05) is 54.0 Å². The number of carbonyl (C=O) groups excluding carboxylic acids is 2. The fraction of sp³-hybridized carbons (Fsp3) is 0.231. The molecular formula is C26H24Cl2FN3O2. The van der Waals surface area contributed by atoms with Crippen molar-refractivity contribution in [2.75, 3.05) is 31.1 Å². The van der Waals surface area contributed by atoms with E-state index in [1.165, 1.54) is 12.1 Å². The second-order valence-corrected chi connectivity index (χ2v) is 8.92. The van der Waals surface area contributed by atoms with Crippen molar-refractivity contribution in [3.05, 3.63) is 99.3 Å². The van der Waals surface area contributed by atoms with Crippen LogP contribution in [0.15, 0.2) is 66.7 Å². The normalized spacial score (nSPS) is 13.6. The van der Waals surface area contributed by atoms with Gasteiger partial charge in [-0.2, -0.15) is 0 Å². The lowest BCUT2D eigenvalue weighted by Gasteiger charge is -2.36. The molecule has 0 saturated carbocycles. The molecule has 3 aromatic carbocycles. The molecule has 5 nitrogen and oxygen atoms in total. The number of nitrogens with one attached hydrogen (secondary N) is 1. The predicted molar refractivity (Wildman–Crippen MR) is 133 cm³/mol. The predicted octanol–water partition coefficient (Wildman–Crippen LogP) is 4.95. The van der Waals surface area contributed by atoms with E-state index < -0.39 is 0 Å². The Kier molecular flexibility index (Phi) is 7.70. The zero-order valence-corrected chi connectivity index (χ0v) is 20.0. The third-order valence-corrected chi connectivity index (χ3v) is 6.59. The summed E-state index contributed by atoms with van der Waals surface area (Å²) in [6.45, 7) is 2.91. The van der Waals surface area contributed by atoms with Crippen LogP contribution in [0.3, 0.4) is 0 Å². The fourth-order valence-corrected chi connectivity index (χ4v) is 4.42. The molecule has 0 bridgehead atoms. The summed E-state index contributed by atoms with van der Waals surface area (Å²) in [4.78, 5) is 29.2. The molecule has 2 amide bonds. The third kappa shape index (κ3) is 5.88. The molecule has 34 heavy (non-hydrogen) atoms. The van der Waals surface area contributed by atoms with Crippen molar-refractivity contribution in [2.45, 2.75) is 13.0 Å². The largest absolute Gasteiger partial charge is 0.368 e. The number of hydrogen-bond donors (Lipinski definition) is 1. The molecule has 1 heterocycles. The summed E-state index contributed by atoms with van der Waals surface area (Å²) in [7, 11) is 0. The minimum Gasteiger partial charge on any atom is -0.368 e. The van der Waals surface area contributed by atoms with Crippen LogP contribution in [-0.4, -0.2) is 42.9 Å². The molecule has 0 spiro atoms. The van der Waals surface area contributed by atoms with Gasteiger partial charge in [-0.3, -0.25) is 9.59 Å². The molecule has 8 heteroatoms. The van der Waals surface area contributed by atoms with E-state index in [0.29, 0.717) is 53.9 Å². The Balaban J connectivity index is 1.28. The average molecular weight is 500 g/mol. The van der Waals surface area contributed by atoms with Crippen LogP contribution in [-0.2, 0) is 17.8 Å². The smallest absolute Gasteiger partial charge is 0.251 e. The van der Waals surface area contributed by atoms with Crippen LogP contribution in [0.1, 0.15) is 21.5 Å². The first kappa shape index (κ1) is 24.0. The SMILES string of the molecule is O=C(NCc1ccc(F)cc1)c1ccc(N2CCN(C(=O)Cc3c(Cl)cccc3Cl)CC2)cc1. The minimum atomic E-state index is -0.305. The first-order chi connectivity index (χ1) is 16.4. The molecule has 1 fully saturated rings. The Labute approximate surface area is 208 Å². The van der Waals surface area contributed by atoms with Gasteiger partial charge >= 0.3 is 0 Å². The Bertz CT molecular complexity index is 1140. The van der Waals surface area contributed by atoms with Crippen LogP contribution in [0.5, 0.6) is 0 Å². The third-order valence-electron chi connectivity index (χ3n) is 5.88. The maximum absolute atomic E-state index is 13.0. The second kappa shape index (κ2) is 10.9. The molecule has 1 aliphatic rings. The monoisotopic (exact) mass is 499 g/mol. The molecule has 0 atom stereocenters. The van der Waals surface area contributed by atoms with Gasteiger partial charge in [0.25, 0.3) is 5.91 Å². The van der Waals surface area contributed by atoms with Crippen LogP contribution >= 0.6 is 23.2 Å². The molecule has 0 aromatic heterocycles. The summed E-state index contributed by atoms with van der Waals surface area (Å²) in [6, 6.07) is 18.7. The van der Waals surface area contributed by atoms with E-state index in [9.17, 15) is 14.0 Å². The highest BCUT2D eigenvalue weighted by molar-refractivity contribution is 6.36. The van der Waals surface area contributed by atoms with Crippen molar-refractivity contribution < 1.29 is 14.0 Å². The number of anilines is 1. The topological polar surface area (TPSA) is 52.7 Å². The van der Waals surface area contributed by atoms with E-state index >= 15 is 0 Å². The van der Waals surface area contributed by atoms with Gasteiger partial charge in [-0.05, 0) is 59.7 Å². The number of nitrogens with zero attached hydrogens (tertiary/aromatic N) is 2. The van der Waals surface area contributed by atoms with E-state index in [-0.39, 0.29) is 24.1 Å². The average Bonchev–Trinajstić information content (AvgIpc) is 2.86. The summed E-state index contributed by atoms with van der Waals surface area (Å²) in [5, 5.41) is 3.84. The first-order valence-electron chi connectivity index (χ1n) is 11.0. The van der Waals surface area contributed by atoms with E-state index in [1.807, 2.05) is 17.0 Å². The summed E-state index contributed by atoms with van der Waals surface area (Å²) < 4.78 is 13.0. The number of piperazine rings is 1. The zero-order chi connectivity index (χ0) is 24.1. The molecule has 176 valence electrons. The fourth-order valence-electron chi connectivity index (χ4n) is 3.89. The van der Waals surface area contributed by atoms with Gasteiger partial charge in [0.15, 0.2) is 0 Å². The standard InChI is InChI=1S/C26H24Cl2FN3O2/c27-23-2-1-3-24(28)22(23)16-25(33)32-14-12-31(13-15-32)21-10-6-19(7-11-21)26(34)30-17-18-4-8-20(29)9-5-18/h1-11H,12-17H2,(H,30,34). The van der Waals surface area contributed by atoms with Crippen LogP contribution in [0, 0.1) is 5.82 Å². The first-order valence-corrected chi connectivity index (χ1v) is 11.7. The van der Waals surface area contributed by atoms with Gasteiger partial charge in [-0.25, -0.2) is 4.39 Å². The maximum Gasteiger partial charge on any atom is 0.251 e. The maximum atomic E-state index is 13.0. The summed E-state index contributed by atoms with van der Waals surface area (Å²) in [5.41, 5.74) is 3.04. The van der Waals surface area contributed by atoms with E-state index in [1.54, 1.807) is 42.5 Å². The van der Waals surface area contributed by atoms with Crippen molar-refractivity contribution in [3.63, 3.8) is 0 Å². The number of halogens is 3. The van der Waals surface area contributed by atoms with Gasteiger partial charge in [0.05, 0.1) is 6.42 Å².